The minimum Gasteiger partial charge on any atom is -0.356 e. The third kappa shape index (κ3) is 4.66. The van der Waals surface area contributed by atoms with Crippen LogP contribution in [-0.4, -0.2) is 32.2 Å². The first-order chi connectivity index (χ1) is 10.2. The Kier molecular flexibility index (Phi) is 5.43. The molecule has 0 unspecified atom stereocenters. The fourth-order valence-electron chi connectivity index (χ4n) is 2.08. The molecule has 1 amide bonds. The maximum absolute atomic E-state index is 11.8. The van der Waals surface area contributed by atoms with Crippen LogP contribution in [0.5, 0.6) is 0 Å². The molecule has 0 spiro atoms. The Balaban J connectivity index is 1.71. The first kappa shape index (κ1) is 15.2. The summed E-state index contributed by atoms with van der Waals surface area (Å²) in [4.78, 5) is 15.8. The largest absolute Gasteiger partial charge is 0.356 e. The van der Waals surface area contributed by atoms with Gasteiger partial charge in [-0.1, -0.05) is 6.07 Å². The Hall–Kier alpha value is -2.24. The van der Waals surface area contributed by atoms with E-state index in [4.69, 9.17) is 0 Å². The van der Waals surface area contributed by atoms with Crippen molar-refractivity contribution in [2.45, 2.75) is 39.2 Å². The molecule has 1 N–H and O–H groups in total. The molecule has 0 aromatic carbocycles. The van der Waals surface area contributed by atoms with E-state index >= 15 is 0 Å². The van der Waals surface area contributed by atoms with Gasteiger partial charge in [0.05, 0.1) is 0 Å². The van der Waals surface area contributed by atoms with E-state index in [0.29, 0.717) is 31.8 Å². The van der Waals surface area contributed by atoms with E-state index in [2.05, 4.69) is 34.3 Å². The summed E-state index contributed by atoms with van der Waals surface area (Å²) in [5, 5.41) is 10.9. The highest BCUT2D eigenvalue weighted by atomic mass is 16.1. The summed E-state index contributed by atoms with van der Waals surface area (Å²) in [6.45, 7) is 4.75. The first-order valence-corrected chi connectivity index (χ1v) is 7.21. The molecule has 21 heavy (non-hydrogen) atoms. The number of nitrogens with one attached hydrogen (secondary N) is 1. The Bertz CT molecular complexity index is 564. The summed E-state index contributed by atoms with van der Waals surface area (Å²) in [5.74, 6) is 0.951. The minimum absolute atomic E-state index is 0.0504. The quantitative estimate of drug-likeness (QED) is 0.838. The van der Waals surface area contributed by atoms with E-state index in [1.807, 2.05) is 16.7 Å². The van der Waals surface area contributed by atoms with Crippen LogP contribution >= 0.6 is 0 Å². The molecule has 6 nitrogen and oxygen atoms in total. The highest BCUT2D eigenvalue weighted by Gasteiger charge is 2.08. The van der Waals surface area contributed by atoms with Gasteiger partial charge >= 0.3 is 0 Å². The maximum atomic E-state index is 11.8. The van der Waals surface area contributed by atoms with Crippen molar-refractivity contribution in [3.05, 3.63) is 42.2 Å². The molecule has 0 saturated carbocycles. The number of hydrogen-bond donors (Lipinski definition) is 1. The van der Waals surface area contributed by atoms with Crippen LogP contribution in [0.3, 0.4) is 0 Å². The van der Waals surface area contributed by atoms with Gasteiger partial charge in [0.15, 0.2) is 0 Å². The van der Waals surface area contributed by atoms with Gasteiger partial charge < -0.3 is 9.88 Å². The number of nitrogens with zero attached hydrogens (tertiary/aromatic N) is 4. The van der Waals surface area contributed by atoms with Gasteiger partial charge in [-0.3, -0.25) is 9.78 Å². The van der Waals surface area contributed by atoms with E-state index < -0.39 is 0 Å². The maximum Gasteiger partial charge on any atom is 0.220 e. The van der Waals surface area contributed by atoms with Crippen LogP contribution in [0.1, 0.15) is 37.7 Å². The van der Waals surface area contributed by atoms with Crippen molar-refractivity contribution >= 4 is 5.91 Å². The zero-order valence-electron chi connectivity index (χ0n) is 12.5. The third-order valence-corrected chi connectivity index (χ3v) is 3.24. The smallest absolute Gasteiger partial charge is 0.220 e. The van der Waals surface area contributed by atoms with Crippen LogP contribution in [0.2, 0.25) is 0 Å². The molecule has 2 rings (SSSR count). The molecule has 0 saturated heterocycles. The summed E-state index contributed by atoms with van der Waals surface area (Å²) in [6, 6.07) is 4.19. The van der Waals surface area contributed by atoms with Crippen LogP contribution in [0, 0.1) is 0 Å². The lowest BCUT2D eigenvalue weighted by Crippen LogP contribution is -2.26. The van der Waals surface area contributed by atoms with Crippen molar-refractivity contribution in [3.63, 3.8) is 0 Å². The third-order valence-electron chi connectivity index (χ3n) is 3.24. The predicted molar refractivity (Wildman–Crippen MR) is 79.7 cm³/mol. The van der Waals surface area contributed by atoms with Gasteiger partial charge in [-0.05, 0) is 31.9 Å². The average molecular weight is 287 g/mol. The van der Waals surface area contributed by atoms with Gasteiger partial charge in [0.2, 0.25) is 5.91 Å². The molecular formula is C15H21N5O. The molecule has 0 fully saturated rings. The van der Waals surface area contributed by atoms with Gasteiger partial charge in [-0.2, -0.15) is 0 Å². The molecule has 2 heterocycles. The Labute approximate surface area is 124 Å². The number of carbonyl (C=O) groups is 1. The highest BCUT2D eigenvalue weighted by molar-refractivity contribution is 5.76. The number of aromatic nitrogens is 4. The molecule has 2 aromatic rings. The standard InChI is InChI=1S/C15H21N5O/c1-12(2)20-11-18-19-14(20)7-9-17-15(21)6-5-13-4-3-8-16-10-13/h3-4,8,10-12H,5-7,9H2,1-2H3,(H,17,21). The topological polar surface area (TPSA) is 72.7 Å². The Morgan fingerprint density at radius 3 is 2.95 bits per heavy atom. The second-order valence-electron chi connectivity index (χ2n) is 5.21. The summed E-state index contributed by atoms with van der Waals surface area (Å²) in [6.07, 6.45) is 7.12. The van der Waals surface area contributed by atoms with Crippen LogP contribution < -0.4 is 5.32 Å². The van der Waals surface area contributed by atoms with E-state index in [0.717, 1.165) is 11.4 Å². The highest BCUT2D eigenvalue weighted by Crippen LogP contribution is 2.06. The van der Waals surface area contributed by atoms with Gasteiger partial charge in [0, 0.05) is 37.8 Å². The number of aryl methyl sites for hydroxylation is 1. The lowest BCUT2D eigenvalue weighted by atomic mass is 10.1. The summed E-state index contributed by atoms with van der Waals surface area (Å²) < 4.78 is 2.02. The zero-order valence-corrected chi connectivity index (χ0v) is 12.5. The number of hydrogen-bond acceptors (Lipinski definition) is 4. The van der Waals surface area contributed by atoms with Crippen LogP contribution in [-0.2, 0) is 17.6 Å². The molecule has 0 aliphatic heterocycles. The molecule has 0 atom stereocenters. The fraction of sp³-hybridized carbons (Fsp3) is 0.467. The van der Waals surface area contributed by atoms with Gasteiger partial charge in [-0.25, -0.2) is 0 Å². The van der Waals surface area contributed by atoms with Crippen molar-refractivity contribution in [1.29, 1.82) is 0 Å². The molecule has 0 aliphatic rings. The summed E-state index contributed by atoms with van der Waals surface area (Å²) >= 11 is 0. The minimum atomic E-state index is 0.0504. The lowest BCUT2D eigenvalue weighted by molar-refractivity contribution is -0.121. The van der Waals surface area contributed by atoms with Crippen molar-refractivity contribution in [3.8, 4) is 0 Å². The van der Waals surface area contributed by atoms with Crippen molar-refractivity contribution < 1.29 is 4.79 Å². The normalized spacial score (nSPS) is 10.8. The molecule has 6 heteroatoms. The Morgan fingerprint density at radius 2 is 2.24 bits per heavy atom. The molecule has 112 valence electrons. The van der Waals surface area contributed by atoms with E-state index in [1.165, 1.54) is 0 Å². The second-order valence-corrected chi connectivity index (χ2v) is 5.21. The predicted octanol–water partition coefficient (Wildman–Crippen LogP) is 1.55. The lowest BCUT2D eigenvalue weighted by Gasteiger charge is -2.10. The molecule has 0 radical (unpaired) electrons. The monoisotopic (exact) mass is 287 g/mol. The van der Waals surface area contributed by atoms with Crippen LogP contribution in [0.25, 0.3) is 0 Å². The number of amides is 1. The van der Waals surface area contributed by atoms with Gasteiger partial charge in [0.25, 0.3) is 0 Å². The van der Waals surface area contributed by atoms with Crippen molar-refractivity contribution in [1.82, 2.24) is 25.1 Å². The van der Waals surface area contributed by atoms with E-state index in [9.17, 15) is 4.79 Å². The summed E-state index contributed by atoms with van der Waals surface area (Å²) in [5.41, 5.74) is 1.08. The number of rotatable bonds is 7. The average Bonchev–Trinajstić information content (AvgIpc) is 2.95. The van der Waals surface area contributed by atoms with Crippen LogP contribution in [0.15, 0.2) is 30.9 Å². The zero-order chi connectivity index (χ0) is 15.1. The fourth-order valence-corrected chi connectivity index (χ4v) is 2.08. The summed E-state index contributed by atoms with van der Waals surface area (Å²) in [7, 11) is 0. The van der Waals surface area contributed by atoms with E-state index in [1.54, 1.807) is 18.7 Å². The number of carbonyl (C=O) groups excluding carboxylic acids is 1. The van der Waals surface area contributed by atoms with Crippen LogP contribution in [0.4, 0.5) is 0 Å². The first-order valence-electron chi connectivity index (χ1n) is 7.21. The van der Waals surface area contributed by atoms with Gasteiger partial charge in [-0.15, -0.1) is 10.2 Å². The SMILES string of the molecule is CC(C)n1cnnc1CCNC(=O)CCc1cccnc1. The molecular weight excluding hydrogens is 266 g/mol. The second kappa shape index (κ2) is 7.52. The molecule has 0 bridgehead atoms. The molecule has 2 aromatic heterocycles. The van der Waals surface area contributed by atoms with E-state index in [-0.39, 0.29) is 5.91 Å². The van der Waals surface area contributed by atoms with Crippen molar-refractivity contribution in [2.24, 2.45) is 0 Å². The number of pyridine rings is 1. The van der Waals surface area contributed by atoms with Crippen molar-refractivity contribution in [2.75, 3.05) is 6.54 Å². The molecule has 0 aliphatic carbocycles. The van der Waals surface area contributed by atoms with Gasteiger partial charge in [0.1, 0.15) is 12.2 Å². The Morgan fingerprint density at radius 1 is 1.38 bits per heavy atom.